The van der Waals surface area contributed by atoms with Crippen LogP contribution in [-0.4, -0.2) is 0 Å². The van der Waals surface area contributed by atoms with E-state index in [0.29, 0.717) is 5.69 Å². The van der Waals surface area contributed by atoms with E-state index in [0.717, 1.165) is 10.2 Å². The standard InChI is InChI=1S/C13H10BrNO/c14-10-6-8-11(9-7-10)15-12-4-2-1-3-5-13(12)16/h1-9H,(H,15,16). The van der Waals surface area contributed by atoms with E-state index in [1.807, 2.05) is 36.4 Å². The molecule has 0 spiro atoms. The lowest BCUT2D eigenvalue weighted by atomic mass is 10.3. The summed E-state index contributed by atoms with van der Waals surface area (Å²) in [5.41, 5.74) is 1.45. The van der Waals surface area contributed by atoms with Crippen LogP contribution in [0.2, 0.25) is 0 Å². The van der Waals surface area contributed by atoms with E-state index >= 15 is 0 Å². The zero-order chi connectivity index (χ0) is 11.4. The number of anilines is 2. The molecule has 0 amide bonds. The number of halogens is 1. The summed E-state index contributed by atoms with van der Waals surface area (Å²) in [6.07, 6.45) is 0. The van der Waals surface area contributed by atoms with Crippen molar-refractivity contribution < 1.29 is 0 Å². The van der Waals surface area contributed by atoms with Gasteiger partial charge in [0.1, 0.15) is 0 Å². The van der Waals surface area contributed by atoms with Gasteiger partial charge in [0.2, 0.25) is 5.43 Å². The first-order chi connectivity index (χ1) is 7.75. The Labute approximate surface area is 102 Å². The van der Waals surface area contributed by atoms with Crippen LogP contribution >= 0.6 is 15.9 Å². The first-order valence-electron chi connectivity index (χ1n) is 4.88. The monoisotopic (exact) mass is 275 g/mol. The second-order valence-corrected chi connectivity index (χ2v) is 4.24. The van der Waals surface area contributed by atoms with Gasteiger partial charge in [-0.05, 0) is 36.4 Å². The highest BCUT2D eigenvalue weighted by Gasteiger charge is 1.96. The van der Waals surface area contributed by atoms with Crippen LogP contribution in [0, 0.1) is 0 Å². The highest BCUT2D eigenvalue weighted by molar-refractivity contribution is 9.10. The van der Waals surface area contributed by atoms with E-state index in [4.69, 9.17) is 0 Å². The van der Waals surface area contributed by atoms with Crippen LogP contribution in [0.4, 0.5) is 11.4 Å². The Bertz CT molecular complexity index is 537. The summed E-state index contributed by atoms with van der Waals surface area (Å²) in [6.45, 7) is 0. The molecule has 3 heteroatoms. The lowest BCUT2D eigenvalue weighted by Gasteiger charge is -2.03. The van der Waals surface area contributed by atoms with Crippen LogP contribution in [0.5, 0.6) is 0 Å². The van der Waals surface area contributed by atoms with Crippen LogP contribution in [-0.2, 0) is 0 Å². The van der Waals surface area contributed by atoms with Crippen LogP contribution in [0.3, 0.4) is 0 Å². The van der Waals surface area contributed by atoms with Crippen molar-refractivity contribution in [2.75, 3.05) is 5.32 Å². The molecule has 0 unspecified atom stereocenters. The van der Waals surface area contributed by atoms with Crippen molar-refractivity contribution in [2.45, 2.75) is 0 Å². The minimum Gasteiger partial charge on any atom is -0.352 e. The van der Waals surface area contributed by atoms with Crippen LogP contribution < -0.4 is 10.7 Å². The van der Waals surface area contributed by atoms with Gasteiger partial charge in [0.25, 0.3) is 0 Å². The van der Waals surface area contributed by atoms with Gasteiger partial charge < -0.3 is 5.32 Å². The van der Waals surface area contributed by atoms with Gasteiger partial charge in [-0.1, -0.05) is 34.1 Å². The first kappa shape index (κ1) is 10.9. The van der Waals surface area contributed by atoms with Gasteiger partial charge >= 0.3 is 0 Å². The summed E-state index contributed by atoms with van der Waals surface area (Å²) in [7, 11) is 0. The van der Waals surface area contributed by atoms with Crippen LogP contribution in [0.25, 0.3) is 0 Å². The Morgan fingerprint density at radius 1 is 0.875 bits per heavy atom. The van der Waals surface area contributed by atoms with Gasteiger partial charge in [-0.15, -0.1) is 0 Å². The molecule has 0 bridgehead atoms. The number of rotatable bonds is 2. The second-order valence-electron chi connectivity index (χ2n) is 3.32. The summed E-state index contributed by atoms with van der Waals surface area (Å²) in [4.78, 5) is 11.6. The molecule has 0 aliphatic carbocycles. The summed E-state index contributed by atoms with van der Waals surface area (Å²) >= 11 is 3.36. The number of benzene rings is 1. The number of hydrogen-bond donors (Lipinski definition) is 1. The van der Waals surface area contributed by atoms with Crippen molar-refractivity contribution in [1.29, 1.82) is 0 Å². The maximum atomic E-state index is 11.6. The van der Waals surface area contributed by atoms with Crippen molar-refractivity contribution in [1.82, 2.24) is 0 Å². The van der Waals surface area contributed by atoms with Crippen molar-refractivity contribution in [3.63, 3.8) is 0 Å². The molecule has 2 aromatic rings. The van der Waals surface area contributed by atoms with Crippen LogP contribution in [0.15, 0.2) is 63.9 Å². The number of nitrogens with one attached hydrogen (secondary N) is 1. The maximum absolute atomic E-state index is 11.6. The van der Waals surface area contributed by atoms with E-state index < -0.39 is 0 Å². The molecular weight excluding hydrogens is 266 g/mol. The van der Waals surface area contributed by atoms with Gasteiger partial charge in [-0.3, -0.25) is 4.79 Å². The van der Waals surface area contributed by atoms with Crippen molar-refractivity contribution in [2.24, 2.45) is 0 Å². The van der Waals surface area contributed by atoms with Gasteiger partial charge in [0.15, 0.2) is 0 Å². The Kier molecular flexibility index (Phi) is 3.37. The fourth-order valence-electron chi connectivity index (χ4n) is 1.32. The third kappa shape index (κ3) is 2.70. The summed E-state index contributed by atoms with van der Waals surface area (Å²) in [6, 6.07) is 16.4. The molecule has 0 heterocycles. The molecule has 0 atom stereocenters. The topological polar surface area (TPSA) is 29.1 Å². The van der Waals surface area contributed by atoms with E-state index in [9.17, 15) is 4.79 Å². The average molecular weight is 276 g/mol. The highest BCUT2D eigenvalue weighted by Crippen LogP contribution is 2.16. The van der Waals surface area contributed by atoms with Gasteiger partial charge in [0, 0.05) is 10.2 Å². The molecule has 80 valence electrons. The molecule has 1 N–H and O–H groups in total. The Morgan fingerprint density at radius 3 is 2.31 bits per heavy atom. The SMILES string of the molecule is O=c1cccccc1Nc1ccc(Br)cc1. The smallest absolute Gasteiger partial charge is 0.201 e. The molecule has 0 aliphatic rings. The second kappa shape index (κ2) is 4.94. The molecule has 2 rings (SSSR count). The predicted octanol–water partition coefficient (Wildman–Crippen LogP) is 3.55. The number of hydrogen-bond acceptors (Lipinski definition) is 2. The minimum atomic E-state index is -0.0204. The molecule has 2 aromatic carbocycles. The molecule has 0 aliphatic heterocycles. The minimum absolute atomic E-state index is 0.0204. The lowest BCUT2D eigenvalue weighted by Crippen LogP contribution is -2.03. The first-order valence-corrected chi connectivity index (χ1v) is 5.67. The van der Waals surface area contributed by atoms with Crippen molar-refractivity contribution in [3.8, 4) is 0 Å². The fraction of sp³-hybridized carbons (Fsp3) is 0. The van der Waals surface area contributed by atoms with Crippen LogP contribution in [0.1, 0.15) is 0 Å². The molecule has 16 heavy (non-hydrogen) atoms. The van der Waals surface area contributed by atoms with Crippen molar-refractivity contribution >= 4 is 27.3 Å². The summed E-state index contributed by atoms with van der Waals surface area (Å²) in [5, 5.41) is 3.09. The van der Waals surface area contributed by atoms with E-state index in [1.54, 1.807) is 18.2 Å². The largest absolute Gasteiger partial charge is 0.352 e. The van der Waals surface area contributed by atoms with E-state index in [1.165, 1.54) is 0 Å². The summed E-state index contributed by atoms with van der Waals surface area (Å²) < 4.78 is 1.01. The molecule has 0 radical (unpaired) electrons. The molecule has 0 saturated carbocycles. The van der Waals surface area contributed by atoms with E-state index in [-0.39, 0.29) is 5.43 Å². The third-order valence-corrected chi connectivity index (χ3v) is 2.65. The van der Waals surface area contributed by atoms with Gasteiger partial charge in [-0.2, -0.15) is 0 Å². The van der Waals surface area contributed by atoms with Crippen molar-refractivity contribution in [3.05, 3.63) is 69.3 Å². The lowest BCUT2D eigenvalue weighted by molar-refractivity contribution is 1.52. The van der Waals surface area contributed by atoms with Gasteiger partial charge in [-0.25, -0.2) is 0 Å². The fourth-order valence-corrected chi connectivity index (χ4v) is 1.59. The maximum Gasteiger partial charge on any atom is 0.201 e. The normalized spacial score (nSPS) is 9.81. The zero-order valence-corrected chi connectivity index (χ0v) is 10.1. The molecular formula is C13H10BrNO. The quantitative estimate of drug-likeness (QED) is 0.908. The molecule has 0 saturated heterocycles. The Hall–Kier alpha value is -1.61. The highest BCUT2D eigenvalue weighted by atomic mass is 79.9. The van der Waals surface area contributed by atoms with E-state index in [2.05, 4.69) is 21.2 Å². The average Bonchev–Trinajstić information content (AvgIpc) is 2.48. The van der Waals surface area contributed by atoms with Gasteiger partial charge in [0.05, 0.1) is 5.69 Å². The predicted molar refractivity (Wildman–Crippen MR) is 70.1 cm³/mol. The zero-order valence-electron chi connectivity index (χ0n) is 8.48. The molecule has 0 aromatic heterocycles. The third-order valence-electron chi connectivity index (χ3n) is 2.12. The Balaban J connectivity index is 2.31. The molecule has 0 fully saturated rings. The molecule has 2 nitrogen and oxygen atoms in total. The summed E-state index contributed by atoms with van der Waals surface area (Å²) in [5.74, 6) is 0. The Morgan fingerprint density at radius 2 is 1.56 bits per heavy atom.